The third-order valence-electron chi connectivity index (χ3n) is 2.76. The van der Waals surface area contributed by atoms with Gasteiger partial charge in [-0.1, -0.05) is 31.4 Å². The summed E-state index contributed by atoms with van der Waals surface area (Å²) in [5.74, 6) is 0.731. The van der Waals surface area contributed by atoms with Gasteiger partial charge in [0.15, 0.2) is 17.0 Å². The maximum atomic E-state index is 4.24. The van der Waals surface area contributed by atoms with Crippen LogP contribution in [0.15, 0.2) is 6.33 Å². The van der Waals surface area contributed by atoms with E-state index >= 15 is 0 Å². The first kappa shape index (κ1) is 11.8. The normalized spacial score (nSPS) is 10.9. The van der Waals surface area contributed by atoms with Crippen molar-refractivity contribution >= 4 is 17.0 Å². The highest BCUT2D eigenvalue weighted by atomic mass is 15.4. The molecule has 17 heavy (non-hydrogen) atoms. The molecule has 0 amide bonds. The molecule has 6 heteroatoms. The molecule has 92 valence electrons. The average Bonchev–Trinajstić information content (AvgIpc) is 2.78. The average molecular weight is 234 g/mol. The van der Waals surface area contributed by atoms with E-state index in [1.807, 2.05) is 11.7 Å². The van der Waals surface area contributed by atoms with Crippen LogP contribution in [0.25, 0.3) is 11.2 Å². The number of fused-ring (bicyclic) bond motifs is 1. The van der Waals surface area contributed by atoms with Gasteiger partial charge in [0.05, 0.1) is 0 Å². The Morgan fingerprint density at radius 3 is 2.88 bits per heavy atom. The number of anilines is 1. The van der Waals surface area contributed by atoms with E-state index in [1.165, 1.54) is 19.3 Å². The van der Waals surface area contributed by atoms with Crippen molar-refractivity contribution in [1.82, 2.24) is 25.0 Å². The van der Waals surface area contributed by atoms with Gasteiger partial charge < -0.3 is 5.32 Å². The van der Waals surface area contributed by atoms with Crippen LogP contribution in [0, 0.1) is 0 Å². The summed E-state index contributed by atoms with van der Waals surface area (Å²) >= 11 is 0. The SMILES string of the molecule is CCCCCCn1nnc2c(NC)ncnc21. The van der Waals surface area contributed by atoms with Crippen LogP contribution in [0.1, 0.15) is 32.6 Å². The van der Waals surface area contributed by atoms with Crippen LogP contribution in [0.5, 0.6) is 0 Å². The number of nitrogens with zero attached hydrogens (tertiary/aromatic N) is 5. The van der Waals surface area contributed by atoms with E-state index in [0.29, 0.717) is 0 Å². The fourth-order valence-electron chi connectivity index (χ4n) is 1.81. The second kappa shape index (κ2) is 5.56. The molecule has 6 nitrogen and oxygen atoms in total. The summed E-state index contributed by atoms with van der Waals surface area (Å²) in [6.45, 7) is 3.08. The molecular formula is C11H18N6. The number of aromatic nitrogens is 5. The minimum absolute atomic E-state index is 0.731. The molecule has 0 radical (unpaired) electrons. The minimum atomic E-state index is 0.731. The molecule has 0 aliphatic carbocycles. The molecular weight excluding hydrogens is 216 g/mol. The van der Waals surface area contributed by atoms with Crippen molar-refractivity contribution in [2.45, 2.75) is 39.2 Å². The number of nitrogens with one attached hydrogen (secondary N) is 1. The number of hydrogen-bond donors (Lipinski definition) is 1. The van der Waals surface area contributed by atoms with E-state index in [-0.39, 0.29) is 0 Å². The van der Waals surface area contributed by atoms with Crippen molar-refractivity contribution in [2.75, 3.05) is 12.4 Å². The molecule has 0 bridgehead atoms. The molecule has 0 atom stereocenters. The minimum Gasteiger partial charge on any atom is -0.371 e. The maximum absolute atomic E-state index is 4.24. The van der Waals surface area contributed by atoms with Crippen molar-refractivity contribution < 1.29 is 0 Å². The lowest BCUT2D eigenvalue weighted by molar-refractivity contribution is 0.536. The second-order valence-corrected chi connectivity index (χ2v) is 4.02. The van der Waals surface area contributed by atoms with Crippen LogP contribution in [0.3, 0.4) is 0 Å². The summed E-state index contributed by atoms with van der Waals surface area (Å²) < 4.78 is 1.85. The molecule has 0 aliphatic rings. The highest BCUT2D eigenvalue weighted by Crippen LogP contribution is 2.15. The first-order valence-corrected chi connectivity index (χ1v) is 6.08. The fraction of sp³-hybridized carbons (Fsp3) is 0.636. The lowest BCUT2D eigenvalue weighted by Gasteiger charge is -2.01. The molecule has 0 unspecified atom stereocenters. The van der Waals surface area contributed by atoms with Gasteiger partial charge in [-0.2, -0.15) is 0 Å². The Morgan fingerprint density at radius 2 is 2.12 bits per heavy atom. The van der Waals surface area contributed by atoms with E-state index in [4.69, 9.17) is 0 Å². The van der Waals surface area contributed by atoms with Crippen molar-refractivity contribution in [3.63, 3.8) is 0 Å². The molecule has 0 aromatic carbocycles. The largest absolute Gasteiger partial charge is 0.371 e. The Labute approximate surface area is 100 Å². The Balaban J connectivity index is 2.13. The van der Waals surface area contributed by atoms with Gasteiger partial charge in [0.2, 0.25) is 0 Å². The van der Waals surface area contributed by atoms with Crippen LogP contribution in [-0.4, -0.2) is 32.0 Å². The van der Waals surface area contributed by atoms with Crippen molar-refractivity contribution in [3.05, 3.63) is 6.33 Å². The van der Waals surface area contributed by atoms with Gasteiger partial charge >= 0.3 is 0 Å². The van der Waals surface area contributed by atoms with Gasteiger partial charge in [0.25, 0.3) is 0 Å². The quantitative estimate of drug-likeness (QED) is 0.772. The third-order valence-corrected chi connectivity index (χ3v) is 2.76. The lowest BCUT2D eigenvalue weighted by Crippen LogP contribution is -2.02. The molecule has 0 fully saturated rings. The van der Waals surface area contributed by atoms with Crippen LogP contribution in [0.4, 0.5) is 5.82 Å². The molecule has 0 spiro atoms. The standard InChI is InChI=1S/C11H18N6/c1-3-4-5-6-7-17-11-9(15-16-17)10(12-2)13-8-14-11/h8H,3-7H2,1-2H3,(H,12,13,14). The summed E-state index contributed by atoms with van der Waals surface area (Å²) in [6.07, 6.45) is 6.39. The highest BCUT2D eigenvalue weighted by Gasteiger charge is 2.09. The number of rotatable bonds is 6. The summed E-state index contributed by atoms with van der Waals surface area (Å²) in [7, 11) is 1.82. The molecule has 2 rings (SSSR count). The van der Waals surface area contributed by atoms with Crippen molar-refractivity contribution in [3.8, 4) is 0 Å². The van der Waals surface area contributed by atoms with Gasteiger partial charge in [-0.3, -0.25) is 0 Å². The molecule has 2 aromatic rings. The summed E-state index contributed by atoms with van der Waals surface area (Å²) in [5.41, 5.74) is 1.55. The topological polar surface area (TPSA) is 68.5 Å². The number of unbranched alkanes of at least 4 members (excludes halogenated alkanes) is 3. The first-order valence-electron chi connectivity index (χ1n) is 6.08. The van der Waals surface area contributed by atoms with Crippen LogP contribution >= 0.6 is 0 Å². The third kappa shape index (κ3) is 2.51. The molecule has 1 N–H and O–H groups in total. The molecule has 2 aromatic heterocycles. The lowest BCUT2D eigenvalue weighted by atomic mass is 10.2. The predicted octanol–water partition coefficient (Wildman–Crippen LogP) is 1.84. The Morgan fingerprint density at radius 1 is 1.24 bits per heavy atom. The van der Waals surface area contributed by atoms with Gasteiger partial charge in [0, 0.05) is 13.6 Å². The van der Waals surface area contributed by atoms with Crippen LogP contribution < -0.4 is 5.32 Å². The molecule has 2 heterocycles. The Kier molecular flexibility index (Phi) is 3.85. The zero-order valence-corrected chi connectivity index (χ0v) is 10.3. The smallest absolute Gasteiger partial charge is 0.183 e. The molecule has 0 aliphatic heterocycles. The van der Waals surface area contributed by atoms with E-state index in [1.54, 1.807) is 6.33 Å². The number of hydrogen-bond acceptors (Lipinski definition) is 5. The van der Waals surface area contributed by atoms with E-state index in [2.05, 4.69) is 32.5 Å². The van der Waals surface area contributed by atoms with Crippen LogP contribution in [-0.2, 0) is 6.54 Å². The fourth-order valence-corrected chi connectivity index (χ4v) is 1.81. The predicted molar refractivity (Wildman–Crippen MR) is 66.8 cm³/mol. The van der Waals surface area contributed by atoms with Gasteiger partial charge in [-0.05, 0) is 6.42 Å². The van der Waals surface area contributed by atoms with E-state index < -0.39 is 0 Å². The summed E-state index contributed by atoms with van der Waals surface area (Å²) in [5, 5.41) is 11.2. The Hall–Kier alpha value is -1.72. The zero-order valence-electron chi connectivity index (χ0n) is 10.3. The van der Waals surface area contributed by atoms with Gasteiger partial charge in [0.1, 0.15) is 6.33 Å². The number of aryl methyl sites for hydroxylation is 1. The first-order chi connectivity index (χ1) is 8.36. The van der Waals surface area contributed by atoms with E-state index in [9.17, 15) is 0 Å². The molecule has 0 saturated carbocycles. The molecule has 0 saturated heterocycles. The van der Waals surface area contributed by atoms with Crippen LogP contribution in [0.2, 0.25) is 0 Å². The van der Waals surface area contributed by atoms with Crippen molar-refractivity contribution in [1.29, 1.82) is 0 Å². The summed E-state index contributed by atoms with van der Waals surface area (Å²) in [4.78, 5) is 8.35. The van der Waals surface area contributed by atoms with Gasteiger partial charge in [-0.15, -0.1) is 5.10 Å². The second-order valence-electron chi connectivity index (χ2n) is 4.02. The van der Waals surface area contributed by atoms with Crippen molar-refractivity contribution in [2.24, 2.45) is 0 Å². The van der Waals surface area contributed by atoms with Gasteiger partial charge in [-0.25, -0.2) is 14.6 Å². The zero-order chi connectivity index (χ0) is 12.1. The summed E-state index contributed by atoms with van der Waals surface area (Å²) in [6, 6.07) is 0. The maximum Gasteiger partial charge on any atom is 0.183 e. The van der Waals surface area contributed by atoms with E-state index in [0.717, 1.165) is 29.9 Å². The highest BCUT2D eigenvalue weighted by molar-refractivity contribution is 5.81. The Bertz CT molecular complexity index is 478. The monoisotopic (exact) mass is 234 g/mol.